The molecule has 2 aromatic carbocycles. The van der Waals surface area contributed by atoms with Crippen LogP contribution in [0.5, 0.6) is 0 Å². The smallest absolute Gasteiger partial charge is 0.140 e. The van der Waals surface area contributed by atoms with Gasteiger partial charge in [0.25, 0.3) is 0 Å². The van der Waals surface area contributed by atoms with Crippen LogP contribution < -0.4 is 5.73 Å². The van der Waals surface area contributed by atoms with E-state index in [0.29, 0.717) is 0 Å². The Kier molecular flexibility index (Phi) is 2.74. The summed E-state index contributed by atoms with van der Waals surface area (Å²) in [7, 11) is 2.02. The molecule has 0 aliphatic carbocycles. The number of benzene rings is 2. The highest BCUT2D eigenvalue weighted by molar-refractivity contribution is 14.1. The molecule has 0 saturated heterocycles. The highest BCUT2D eigenvalue weighted by atomic mass is 127. The molecule has 0 saturated carbocycles. The van der Waals surface area contributed by atoms with Crippen LogP contribution in [-0.4, -0.2) is 9.55 Å². The normalized spacial score (nSPS) is 11.0. The number of nitrogen functional groups attached to an aromatic ring is 1. The quantitative estimate of drug-likeness (QED) is 0.540. The third-order valence-electron chi connectivity index (χ3n) is 3.01. The summed E-state index contributed by atoms with van der Waals surface area (Å²) in [4.78, 5) is 4.66. The van der Waals surface area contributed by atoms with Gasteiger partial charge in [-0.25, -0.2) is 4.98 Å². The van der Waals surface area contributed by atoms with Crippen LogP contribution in [0, 0.1) is 3.57 Å². The van der Waals surface area contributed by atoms with Crippen LogP contribution in [0.1, 0.15) is 0 Å². The Morgan fingerprint density at radius 3 is 2.56 bits per heavy atom. The van der Waals surface area contributed by atoms with E-state index in [9.17, 15) is 0 Å². The van der Waals surface area contributed by atoms with Gasteiger partial charge in [-0.15, -0.1) is 0 Å². The minimum Gasteiger partial charge on any atom is -0.399 e. The third-order valence-corrected chi connectivity index (χ3v) is 3.73. The Bertz CT molecular complexity index is 714. The molecule has 3 rings (SSSR count). The number of hydrogen-bond acceptors (Lipinski definition) is 2. The Balaban J connectivity index is 2.23. The van der Waals surface area contributed by atoms with Crippen LogP contribution in [0.25, 0.3) is 22.4 Å². The van der Waals surface area contributed by atoms with E-state index >= 15 is 0 Å². The molecule has 0 aliphatic rings. The Hall–Kier alpha value is -1.56. The molecule has 0 unspecified atom stereocenters. The maximum Gasteiger partial charge on any atom is 0.140 e. The van der Waals surface area contributed by atoms with E-state index in [-0.39, 0.29) is 0 Å². The molecule has 0 radical (unpaired) electrons. The van der Waals surface area contributed by atoms with Crippen molar-refractivity contribution < 1.29 is 0 Å². The zero-order chi connectivity index (χ0) is 12.7. The zero-order valence-corrected chi connectivity index (χ0v) is 12.0. The maximum atomic E-state index is 5.82. The van der Waals surface area contributed by atoms with Crippen molar-refractivity contribution in [3.05, 3.63) is 46.0 Å². The number of halogens is 1. The molecule has 1 aromatic heterocycles. The molecular weight excluding hydrogens is 337 g/mol. The van der Waals surface area contributed by atoms with Gasteiger partial charge in [-0.1, -0.05) is 12.1 Å². The second-order valence-corrected chi connectivity index (χ2v) is 5.50. The molecule has 90 valence electrons. The van der Waals surface area contributed by atoms with Gasteiger partial charge < -0.3 is 10.3 Å². The summed E-state index contributed by atoms with van der Waals surface area (Å²) in [6.07, 6.45) is 0. The average molecular weight is 349 g/mol. The predicted octanol–water partition coefficient (Wildman–Crippen LogP) is 3.43. The molecule has 3 aromatic rings. The van der Waals surface area contributed by atoms with Gasteiger partial charge in [-0.3, -0.25) is 0 Å². The van der Waals surface area contributed by atoms with Gasteiger partial charge in [-0.2, -0.15) is 0 Å². The van der Waals surface area contributed by atoms with E-state index in [4.69, 9.17) is 5.73 Å². The molecule has 3 nitrogen and oxygen atoms in total. The molecule has 18 heavy (non-hydrogen) atoms. The van der Waals surface area contributed by atoms with Gasteiger partial charge in [-0.05, 0) is 52.9 Å². The van der Waals surface area contributed by atoms with E-state index in [1.165, 1.54) is 3.57 Å². The van der Waals surface area contributed by atoms with Crippen LogP contribution in [0.4, 0.5) is 5.69 Å². The lowest BCUT2D eigenvalue weighted by Gasteiger charge is -2.02. The first-order valence-corrected chi connectivity index (χ1v) is 6.71. The monoisotopic (exact) mass is 349 g/mol. The molecule has 4 heteroatoms. The number of anilines is 1. The number of aromatic nitrogens is 2. The number of hydrogen-bond donors (Lipinski definition) is 1. The molecule has 0 fully saturated rings. The van der Waals surface area contributed by atoms with Gasteiger partial charge in [0.05, 0.1) is 11.0 Å². The fourth-order valence-electron chi connectivity index (χ4n) is 2.06. The van der Waals surface area contributed by atoms with Gasteiger partial charge in [0.15, 0.2) is 0 Å². The number of fused-ring (bicyclic) bond motifs is 1. The molecule has 1 heterocycles. The van der Waals surface area contributed by atoms with Crippen molar-refractivity contribution in [2.45, 2.75) is 0 Å². The molecule has 0 atom stereocenters. The number of nitrogens with zero attached hydrogens (tertiary/aromatic N) is 2. The lowest BCUT2D eigenvalue weighted by Crippen LogP contribution is -1.93. The van der Waals surface area contributed by atoms with Crippen molar-refractivity contribution in [1.29, 1.82) is 0 Å². The largest absolute Gasteiger partial charge is 0.399 e. The Morgan fingerprint density at radius 2 is 1.83 bits per heavy atom. The number of aryl methyl sites for hydroxylation is 1. The Labute approximate surface area is 119 Å². The standard InChI is InChI=1S/C14H12IN3/c1-18-13-8-11(16)6-7-12(13)17-14(18)9-2-4-10(15)5-3-9/h2-8H,16H2,1H3. The fourth-order valence-corrected chi connectivity index (χ4v) is 2.42. The molecule has 0 bridgehead atoms. The Morgan fingerprint density at radius 1 is 1.11 bits per heavy atom. The first kappa shape index (κ1) is 11.5. The first-order chi connectivity index (χ1) is 8.65. The highest BCUT2D eigenvalue weighted by Crippen LogP contribution is 2.25. The summed E-state index contributed by atoms with van der Waals surface area (Å²) < 4.78 is 3.30. The van der Waals surface area contributed by atoms with Crippen molar-refractivity contribution >= 4 is 39.3 Å². The summed E-state index contributed by atoms with van der Waals surface area (Å²) >= 11 is 2.30. The van der Waals surface area contributed by atoms with Gasteiger partial charge in [0.1, 0.15) is 5.82 Å². The number of nitrogens with two attached hydrogens (primary N) is 1. The highest BCUT2D eigenvalue weighted by Gasteiger charge is 2.09. The van der Waals surface area contributed by atoms with Gasteiger partial charge >= 0.3 is 0 Å². The molecule has 2 N–H and O–H groups in total. The average Bonchev–Trinajstić information content (AvgIpc) is 2.68. The van der Waals surface area contributed by atoms with Crippen molar-refractivity contribution in [1.82, 2.24) is 9.55 Å². The maximum absolute atomic E-state index is 5.82. The topological polar surface area (TPSA) is 43.8 Å². The zero-order valence-electron chi connectivity index (χ0n) is 9.89. The van der Waals surface area contributed by atoms with E-state index < -0.39 is 0 Å². The lowest BCUT2D eigenvalue weighted by molar-refractivity contribution is 0.959. The van der Waals surface area contributed by atoms with E-state index in [1.807, 2.05) is 25.2 Å². The van der Waals surface area contributed by atoms with Crippen molar-refractivity contribution in [3.63, 3.8) is 0 Å². The predicted molar refractivity (Wildman–Crippen MR) is 83.3 cm³/mol. The second-order valence-electron chi connectivity index (χ2n) is 4.25. The lowest BCUT2D eigenvalue weighted by atomic mass is 10.2. The fraction of sp³-hybridized carbons (Fsp3) is 0.0714. The second kappa shape index (κ2) is 4.28. The number of imidazole rings is 1. The molecule has 0 aliphatic heterocycles. The number of rotatable bonds is 1. The van der Waals surface area contributed by atoms with Crippen molar-refractivity contribution in [2.75, 3.05) is 5.73 Å². The summed E-state index contributed by atoms with van der Waals surface area (Å²) in [5, 5.41) is 0. The van der Waals surface area contributed by atoms with E-state index in [1.54, 1.807) is 0 Å². The summed E-state index contributed by atoms with van der Waals surface area (Å²) in [5.41, 5.74) is 9.73. The van der Waals surface area contributed by atoms with Crippen molar-refractivity contribution in [3.8, 4) is 11.4 Å². The third kappa shape index (κ3) is 1.86. The van der Waals surface area contributed by atoms with Crippen molar-refractivity contribution in [2.24, 2.45) is 7.05 Å². The van der Waals surface area contributed by atoms with Crippen LogP contribution in [0.15, 0.2) is 42.5 Å². The summed E-state index contributed by atoms with van der Waals surface area (Å²) in [6.45, 7) is 0. The molecule has 0 amide bonds. The van der Waals surface area contributed by atoms with Crippen LogP contribution in [-0.2, 0) is 7.05 Å². The van der Waals surface area contributed by atoms with E-state index in [2.05, 4.69) is 56.4 Å². The SMILES string of the molecule is Cn1c(-c2ccc(I)cc2)nc2ccc(N)cc21. The van der Waals surface area contributed by atoms with Gasteiger partial charge in [0.2, 0.25) is 0 Å². The first-order valence-electron chi connectivity index (χ1n) is 5.63. The van der Waals surface area contributed by atoms with E-state index in [0.717, 1.165) is 28.1 Å². The van der Waals surface area contributed by atoms with Gasteiger partial charge in [0, 0.05) is 21.9 Å². The van der Waals surface area contributed by atoms with Crippen LogP contribution in [0.3, 0.4) is 0 Å². The summed E-state index contributed by atoms with van der Waals surface area (Å²) in [6, 6.07) is 14.2. The van der Waals surface area contributed by atoms with Crippen LogP contribution >= 0.6 is 22.6 Å². The molecule has 0 spiro atoms. The minimum absolute atomic E-state index is 0.764. The minimum atomic E-state index is 0.764. The summed E-state index contributed by atoms with van der Waals surface area (Å²) in [5.74, 6) is 0.965. The van der Waals surface area contributed by atoms with Crippen LogP contribution in [0.2, 0.25) is 0 Å². The molecular formula is C14H12IN3.